The van der Waals surface area contributed by atoms with Gasteiger partial charge in [-0.05, 0) is 35.7 Å². The van der Waals surface area contributed by atoms with Crippen molar-refractivity contribution in [3.63, 3.8) is 0 Å². The number of phenolic OH excluding ortho intramolecular Hbond substituents is 1. The van der Waals surface area contributed by atoms with Crippen LogP contribution in [0.15, 0.2) is 30.3 Å². The molecule has 8 heteroatoms. The average molecular weight is 416 g/mol. The van der Waals surface area contributed by atoms with Gasteiger partial charge >= 0.3 is 17.9 Å². The molecular formula is C22H21FO7. The quantitative estimate of drug-likeness (QED) is 0.604. The second-order valence-corrected chi connectivity index (χ2v) is 7.12. The molecule has 0 saturated carbocycles. The van der Waals surface area contributed by atoms with Gasteiger partial charge in [-0.2, -0.15) is 0 Å². The number of carbonyl (C=O) groups excluding carboxylic acids is 3. The normalized spacial score (nSPS) is 17.6. The van der Waals surface area contributed by atoms with E-state index in [9.17, 15) is 23.9 Å². The van der Waals surface area contributed by atoms with Crippen LogP contribution in [0.3, 0.4) is 0 Å². The topological polar surface area (TPSA) is 99.1 Å². The molecule has 2 atom stereocenters. The Bertz CT molecular complexity index is 1010. The predicted octanol–water partition coefficient (Wildman–Crippen LogP) is 3.20. The first-order valence-corrected chi connectivity index (χ1v) is 9.32. The van der Waals surface area contributed by atoms with E-state index in [-0.39, 0.29) is 17.9 Å². The summed E-state index contributed by atoms with van der Waals surface area (Å²) in [6, 6.07) is 7.09. The zero-order valence-corrected chi connectivity index (χ0v) is 16.7. The third-order valence-corrected chi connectivity index (χ3v) is 4.80. The molecule has 3 rings (SSSR count). The molecule has 2 aromatic carbocycles. The van der Waals surface area contributed by atoms with Crippen molar-refractivity contribution in [3.8, 4) is 17.2 Å². The lowest BCUT2D eigenvalue weighted by Crippen LogP contribution is -2.33. The molecule has 7 nitrogen and oxygen atoms in total. The van der Waals surface area contributed by atoms with Gasteiger partial charge in [0.2, 0.25) is 0 Å². The third kappa shape index (κ3) is 4.76. The van der Waals surface area contributed by atoms with E-state index in [0.717, 1.165) is 0 Å². The van der Waals surface area contributed by atoms with Gasteiger partial charge in [-0.25, -0.2) is 4.39 Å². The predicted molar refractivity (Wildman–Crippen MR) is 103 cm³/mol. The molecule has 0 heterocycles. The Balaban J connectivity index is 2.09. The molecule has 0 spiro atoms. The highest BCUT2D eigenvalue weighted by Gasteiger charge is 2.35. The number of fused-ring (bicyclic) bond motifs is 1. The van der Waals surface area contributed by atoms with E-state index in [1.54, 1.807) is 12.1 Å². The second-order valence-electron chi connectivity index (χ2n) is 7.12. The summed E-state index contributed by atoms with van der Waals surface area (Å²) in [7, 11) is 0. The molecule has 30 heavy (non-hydrogen) atoms. The van der Waals surface area contributed by atoms with Gasteiger partial charge in [-0.1, -0.05) is 6.07 Å². The van der Waals surface area contributed by atoms with E-state index in [2.05, 4.69) is 0 Å². The highest BCUT2D eigenvalue weighted by molar-refractivity contribution is 5.72. The highest BCUT2D eigenvalue weighted by Crippen LogP contribution is 2.41. The Morgan fingerprint density at radius 3 is 2.27 bits per heavy atom. The van der Waals surface area contributed by atoms with Crippen LogP contribution in [0.5, 0.6) is 17.2 Å². The number of ether oxygens (including phenoxy) is 3. The molecule has 0 fully saturated rings. The molecule has 0 saturated heterocycles. The fraction of sp³-hybridized carbons (Fsp3) is 0.318. The lowest BCUT2D eigenvalue weighted by Gasteiger charge is -2.34. The van der Waals surface area contributed by atoms with Crippen LogP contribution in [0.2, 0.25) is 0 Å². The Hall–Kier alpha value is -3.42. The molecule has 1 N–H and O–H groups in total. The van der Waals surface area contributed by atoms with Gasteiger partial charge in [-0.3, -0.25) is 14.4 Å². The first-order chi connectivity index (χ1) is 14.1. The molecule has 0 aliphatic heterocycles. The van der Waals surface area contributed by atoms with E-state index in [1.807, 2.05) is 0 Å². The van der Waals surface area contributed by atoms with Gasteiger partial charge < -0.3 is 19.3 Å². The van der Waals surface area contributed by atoms with Gasteiger partial charge in [0.1, 0.15) is 17.6 Å². The summed E-state index contributed by atoms with van der Waals surface area (Å²) >= 11 is 0. The molecule has 0 radical (unpaired) electrons. The molecule has 1 aliphatic rings. The monoisotopic (exact) mass is 416 g/mol. The number of carbonyl (C=O) groups is 3. The number of halogens is 1. The first kappa shape index (κ1) is 21.3. The van der Waals surface area contributed by atoms with Crippen LogP contribution in [0, 0.1) is 5.82 Å². The van der Waals surface area contributed by atoms with Gasteiger partial charge in [0, 0.05) is 44.7 Å². The van der Waals surface area contributed by atoms with Crippen molar-refractivity contribution in [2.24, 2.45) is 0 Å². The minimum atomic E-state index is -0.783. The number of aromatic hydroxyl groups is 1. The molecule has 2 aromatic rings. The fourth-order valence-electron chi connectivity index (χ4n) is 3.69. The SMILES string of the molecule is CC(=O)Oc1cc2c(c(OC(C)=O)c1)C[C@H](OC(C)=O)[C@@H](c1ccc(O)c(F)c1)C2. The molecule has 1 aliphatic carbocycles. The molecular weight excluding hydrogens is 395 g/mol. The van der Waals surface area contributed by atoms with Gasteiger partial charge in [0.15, 0.2) is 11.6 Å². The number of esters is 3. The maximum atomic E-state index is 14.0. The van der Waals surface area contributed by atoms with E-state index >= 15 is 0 Å². The van der Waals surface area contributed by atoms with Gasteiger partial charge in [-0.15, -0.1) is 0 Å². The maximum absolute atomic E-state index is 14.0. The van der Waals surface area contributed by atoms with Crippen LogP contribution in [-0.2, 0) is 32.0 Å². The fourth-order valence-corrected chi connectivity index (χ4v) is 3.69. The summed E-state index contributed by atoms with van der Waals surface area (Å²) in [5.74, 6) is -2.85. The van der Waals surface area contributed by atoms with Crippen LogP contribution in [0.25, 0.3) is 0 Å². The minimum Gasteiger partial charge on any atom is -0.505 e. The van der Waals surface area contributed by atoms with Crippen molar-refractivity contribution in [1.29, 1.82) is 0 Å². The summed E-state index contributed by atoms with van der Waals surface area (Å²) in [5.41, 5.74) is 1.89. The third-order valence-electron chi connectivity index (χ3n) is 4.80. The van der Waals surface area contributed by atoms with Crippen molar-refractivity contribution < 1.29 is 38.1 Å². The molecule has 0 amide bonds. The van der Waals surface area contributed by atoms with Crippen molar-refractivity contribution in [2.45, 2.75) is 45.6 Å². The molecule has 0 unspecified atom stereocenters. The lowest BCUT2D eigenvalue weighted by atomic mass is 9.77. The lowest BCUT2D eigenvalue weighted by molar-refractivity contribution is -0.148. The molecule has 0 bridgehead atoms. The van der Waals surface area contributed by atoms with E-state index in [1.165, 1.54) is 39.0 Å². The number of hydrogen-bond donors (Lipinski definition) is 1. The zero-order valence-electron chi connectivity index (χ0n) is 16.7. The largest absolute Gasteiger partial charge is 0.505 e. The summed E-state index contributed by atoms with van der Waals surface area (Å²) < 4.78 is 29.9. The second kappa shape index (κ2) is 8.52. The minimum absolute atomic E-state index is 0.207. The Morgan fingerprint density at radius 2 is 1.67 bits per heavy atom. The number of phenols is 1. The van der Waals surface area contributed by atoms with Crippen LogP contribution < -0.4 is 9.47 Å². The van der Waals surface area contributed by atoms with E-state index in [0.29, 0.717) is 23.1 Å². The Labute approximate surface area is 172 Å². The van der Waals surface area contributed by atoms with Crippen LogP contribution in [0.4, 0.5) is 4.39 Å². The standard InChI is InChI=1S/C22H21FO7/c1-11(24)28-16-6-15-7-17(14-4-5-20(27)19(23)8-14)22(30-13(3)26)10-18(15)21(9-16)29-12(2)25/h4-6,8-9,17,22,27H,7,10H2,1-3H3/t17-,22+/m1/s1. The van der Waals surface area contributed by atoms with Crippen molar-refractivity contribution in [2.75, 3.05) is 0 Å². The number of rotatable bonds is 4. The van der Waals surface area contributed by atoms with Gasteiger partial charge in [0.05, 0.1) is 0 Å². The smallest absolute Gasteiger partial charge is 0.308 e. The summed E-state index contributed by atoms with van der Waals surface area (Å²) in [6.45, 7) is 3.78. The molecule has 0 aromatic heterocycles. The molecule has 158 valence electrons. The summed E-state index contributed by atoms with van der Waals surface area (Å²) in [5, 5.41) is 9.49. The van der Waals surface area contributed by atoms with Crippen LogP contribution in [-0.4, -0.2) is 29.1 Å². The maximum Gasteiger partial charge on any atom is 0.308 e. The van der Waals surface area contributed by atoms with Gasteiger partial charge in [0.25, 0.3) is 0 Å². The van der Waals surface area contributed by atoms with Crippen molar-refractivity contribution in [3.05, 3.63) is 52.8 Å². The summed E-state index contributed by atoms with van der Waals surface area (Å²) in [4.78, 5) is 34.6. The Kier molecular flexibility index (Phi) is 6.05. The first-order valence-electron chi connectivity index (χ1n) is 9.32. The van der Waals surface area contributed by atoms with E-state index in [4.69, 9.17) is 14.2 Å². The number of hydrogen-bond acceptors (Lipinski definition) is 7. The zero-order chi connectivity index (χ0) is 22.0. The average Bonchev–Trinajstić information content (AvgIpc) is 2.62. The van der Waals surface area contributed by atoms with Crippen LogP contribution >= 0.6 is 0 Å². The van der Waals surface area contributed by atoms with Crippen molar-refractivity contribution >= 4 is 17.9 Å². The van der Waals surface area contributed by atoms with Crippen molar-refractivity contribution in [1.82, 2.24) is 0 Å². The van der Waals surface area contributed by atoms with E-state index < -0.39 is 41.5 Å². The van der Waals surface area contributed by atoms with Crippen LogP contribution in [0.1, 0.15) is 43.4 Å². The highest BCUT2D eigenvalue weighted by atomic mass is 19.1. The number of benzene rings is 2. The Morgan fingerprint density at radius 1 is 0.967 bits per heavy atom. The summed E-state index contributed by atoms with van der Waals surface area (Å²) in [6.07, 6.45) is -0.126.